The van der Waals surface area contributed by atoms with Crippen molar-refractivity contribution in [2.24, 2.45) is 0 Å². The molecule has 0 aromatic carbocycles. The van der Waals surface area contributed by atoms with Gasteiger partial charge in [0.05, 0.1) is 12.2 Å². The Hall–Kier alpha value is -0.180. The Morgan fingerprint density at radius 1 is 1.00 bits per heavy atom. The van der Waals surface area contributed by atoms with Crippen molar-refractivity contribution in [1.29, 1.82) is 0 Å². The number of carbonyl (C=O) groups is 1. The van der Waals surface area contributed by atoms with Gasteiger partial charge in [0.2, 0.25) is 0 Å². The summed E-state index contributed by atoms with van der Waals surface area (Å²) in [6.07, 6.45) is 0.162. The molecule has 14 heavy (non-hydrogen) atoms. The van der Waals surface area contributed by atoms with E-state index < -0.39 is 13.3 Å². The smallest absolute Gasteiger partial charge is 0.305 e. The third-order valence-corrected chi connectivity index (χ3v) is 3.96. The summed E-state index contributed by atoms with van der Waals surface area (Å²) in [6.45, 7) is 8.57. The average molecular weight is 222 g/mol. The predicted molar refractivity (Wildman–Crippen MR) is 55.6 cm³/mol. The van der Waals surface area contributed by atoms with E-state index in [9.17, 15) is 9.36 Å². The van der Waals surface area contributed by atoms with E-state index in [0.29, 0.717) is 6.29 Å². The molecule has 0 aliphatic rings. The van der Waals surface area contributed by atoms with Crippen LogP contribution in [0.4, 0.5) is 0 Å². The fourth-order valence-corrected chi connectivity index (χ4v) is 2.64. The topological polar surface area (TPSA) is 52.6 Å². The quantitative estimate of drug-likeness (QED) is 0.512. The molecule has 1 atom stereocenters. The van der Waals surface area contributed by atoms with Crippen LogP contribution < -0.4 is 0 Å². The first-order valence-corrected chi connectivity index (χ1v) is 6.34. The second kappa shape index (κ2) is 5.64. The molecular formula is C9H19O4P. The van der Waals surface area contributed by atoms with Crippen molar-refractivity contribution in [1.82, 2.24) is 0 Å². The summed E-state index contributed by atoms with van der Waals surface area (Å²) < 4.78 is 22.5. The Labute approximate surface area is 85.5 Å². The third-order valence-electron chi connectivity index (χ3n) is 1.41. The van der Waals surface area contributed by atoms with Gasteiger partial charge < -0.3 is 13.8 Å². The van der Waals surface area contributed by atoms with Gasteiger partial charge in [-0.1, -0.05) is 0 Å². The van der Waals surface area contributed by atoms with Crippen molar-refractivity contribution in [2.75, 3.05) is 0 Å². The standard InChI is InChI=1S/C9H19O4P/c1-7(2)12-14(11,9(5)6-10)13-8(3)4/h6-9H,1-5H3. The van der Waals surface area contributed by atoms with E-state index in [1.54, 1.807) is 34.6 Å². The van der Waals surface area contributed by atoms with Crippen molar-refractivity contribution in [3.63, 3.8) is 0 Å². The summed E-state index contributed by atoms with van der Waals surface area (Å²) in [5.74, 6) is 0. The molecule has 0 N–H and O–H groups in total. The van der Waals surface area contributed by atoms with Crippen LogP contribution in [0.25, 0.3) is 0 Å². The molecule has 5 heteroatoms. The van der Waals surface area contributed by atoms with E-state index in [-0.39, 0.29) is 12.2 Å². The molecule has 1 unspecified atom stereocenters. The lowest BCUT2D eigenvalue weighted by atomic mass is 10.5. The van der Waals surface area contributed by atoms with E-state index in [1.807, 2.05) is 0 Å². The normalized spacial score (nSPS) is 14.8. The zero-order valence-electron chi connectivity index (χ0n) is 9.39. The molecule has 0 saturated carbocycles. The lowest BCUT2D eigenvalue weighted by Crippen LogP contribution is -2.16. The predicted octanol–water partition coefficient (Wildman–Crippen LogP) is 2.62. The first-order valence-electron chi connectivity index (χ1n) is 4.73. The summed E-state index contributed by atoms with van der Waals surface area (Å²) >= 11 is 0. The van der Waals surface area contributed by atoms with Crippen LogP contribution in [-0.4, -0.2) is 24.2 Å². The lowest BCUT2D eigenvalue weighted by molar-refractivity contribution is -0.107. The van der Waals surface area contributed by atoms with E-state index >= 15 is 0 Å². The zero-order chi connectivity index (χ0) is 11.4. The number of carbonyl (C=O) groups excluding carboxylic acids is 1. The molecule has 0 aliphatic heterocycles. The van der Waals surface area contributed by atoms with Crippen LogP contribution in [0.3, 0.4) is 0 Å². The maximum Gasteiger partial charge on any atom is 0.341 e. The van der Waals surface area contributed by atoms with Gasteiger partial charge in [0, 0.05) is 0 Å². The third kappa shape index (κ3) is 4.36. The van der Waals surface area contributed by atoms with Gasteiger partial charge in [-0.3, -0.25) is 4.57 Å². The highest BCUT2D eigenvalue weighted by Gasteiger charge is 2.34. The summed E-state index contributed by atoms with van der Waals surface area (Å²) in [6, 6.07) is 0. The molecule has 84 valence electrons. The number of rotatable bonds is 6. The summed E-state index contributed by atoms with van der Waals surface area (Å²) in [5, 5.41) is 0. The molecule has 4 nitrogen and oxygen atoms in total. The van der Waals surface area contributed by atoms with Gasteiger partial charge in [0.1, 0.15) is 11.9 Å². The van der Waals surface area contributed by atoms with E-state index in [1.165, 1.54) is 0 Å². The van der Waals surface area contributed by atoms with Crippen LogP contribution >= 0.6 is 7.60 Å². The molecule has 0 aromatic heterocycles. The van der Waals surface area contributed by atoms with Crippen molar-refractivity contribution in [3.05, 3.63) is 0 Å². The fourth-order valence-electron chi connectivity index (χ4n) is 0.879. The van der Waals surface area contributed by atoms with Crippen LogP contribution in [0.2, 0.25) is 0 Å². The van der Waals surface area contributed by atoms with Crippen LogP contribution in [0.15, 0.2) is 0 Å². The highest BCUT2D eigenvalue weighted by Crippen LogP contribution is 2.54. The first-order chi connectivity index (χ1) is 6.31. The minimum Gasteiger partial charge on any atom is -0.305 e. The number of hydrogen-bond acceptors (Lipinski definition) is 4. The highest BCUT2D eigenvalue weighted by atomic mass is 31.2. The molecule has 0 radical (unpaired) electrons. The minimum atomic E-state index is -3.29. The Morgan fingerprint density at radius 2 is 1.36 bits per heavy atom. The maximum atomic E-state index is 12.1. The largest absolute Gasteiger partial charge is 0.341 e. The van der Waals surface area contributed by atoms with Crippen LogP contribution in [0.5, 0.6) is 0 Å². The molecule has 0 aliphatic carbocycles. The number of hydrogen-bond donors (Lipinski definition) is 0. The second-order valence-electron chi connectivity index (χ2n) is 3.72. The van der Waals surface area contributed by atoms with Crippen LogP contribution in [0.1, 0.15) is 34.6 Å². The summed E-state index contributed by atoms with van der Waals surface area (Å²) in [7, 11) is -3.29. The molecule has 0 aromatic rings. The van der Waals surface area contributed by atoms with Crippen molar-refractivity contribution in [2.45, 2.75) is 52.5 Å². The van der Waals surface area contributed by atoms with Crippen molar-refractivity contribution in [3.8, 4) is 0 Å². The molecule has 0 rings (SSSR count). The molecule has 0 spiro atoms. The van der Waals surface area contributed by atoms with E-state index in [0.717, 1.165) is 0 Å². The minimum absolute atomic E-state index is 0.220. The van der Waals surface area contributed by atoms with Crippen LogP contribution in [-0.2, 0) is 18.4 Å². The van der Waals surface area contributed by atoms with Gasteiger partial charge in [-0.25, -0.2) is 0 Å². The Balaban J connectivity index is 4.66. The molecule has 0 amide bonds. The lowest BCUT2D eigenvalue weighted by Gasteiger charge is -2.24. The van der Waals surface area contributed by atoms with E-state index in [2.05, 4.69) is 0 Å². The SMILES string of the molecule is CC(C)OP(=O)(OC(C)C)C(C)C=O. The Bertz CT molecular complexity index is 211. The summed E-state index contributed by atoms with van der Waals surface area (Å²) in [5.41, 5.74) is -0.715. The van der Waals surface area contributed by atoms with Crippen molar-refractivity contribution >= 4 is 13.9 Å². The van der Waals surface area contributed by atoms with Gasteiger partial charge in [0.15, 0.2) is 0 Å². The van der Waals surface area contributed by atoms with Crippen molar-refractivity contribution < 1.29 is 18.4 Å². The molecule has 0 fully saturated rings. The Morgan fingerprint density at radius 3 is 1.57 bits per heavy atom. The average Bonchev–Trinajstić information content (AvgIpc) is 1.99. The summed E-state index contributed by atoms with van der Waals surface area (Å²) in [4.78, 5) is 10.6. The number of aldehydes is 1. The van der Waals surface area contributed by atoms with Gasteiger partial charge in [0.25, 0.3) is 0 Å². The van der Waals surface area contributed by atoms with Gasteiger partial charge in [-0.05, 0) is 34.6 Å². The Kier molecular flexibility index (Phi) is 5.57. The maximum absolute atomic E-state index is 12.1. The first kappa shape index (κ1) is 13.8. The monoisotopic (exact) mass is 222 g/mol. The van der Waals surface area contributed by atoms with Gasteiger partial charge >= 0.3 is 7.60 Å². The highest BCUT2D eigenvalue weighted by molar-refractivity contribution is 7.55. The molecular weight excluding hydrogens is 203 g/mol. The van der Waals surface area contributed by atoms with Gasteiger partial charge in [-0.2, -0.15) is 0 Å². The fraction of sp³-hybridized carbons (Fsp3) is 0.889. The van der Waals surface area contributed by atoms with E-state index in [4.69, 9.17) is 9.05 Å². The molecule has 0 saturated heterocycles. The van der Waals surface area contributed by atoms with Crippen LogP contribution in [0, 0.1) is 0 Å². The second-order valence-corrected chi connectivity index (χ2v) is 6.04. The molecule has 0 heterocycles. The zero-order valence-corrected chi connectivity index (χ0v) is 10.3. The molecule has 0 bridgehead atoms. The van der Waals surface area contributed by atoms with Gasteiger partial charge in [-0.15, -0.1) is 0 Å².